The lowest BCUT2D eigenvalue weighted by Gasteiger charge is -2.59. The molecule has 4 fully saturated rings. The van der Waals surface area contributed by atoms with Crippen LogP contribution in [0, 0.1) is 23.2 Å². The highest BCUT2D eigenvalue weighted by Gasteiger charge is 2.54. The Morgan fingerprint density at radius 2 is 1.60 bits per heavy atom. The van der Waals surface area contributed by atoms with Crippen LogP contribution in [0.1, 0.15) is 48.9 Å². The monoisotopic (exact) mass is 342 g/mol. The van der Waals surface area contributed by atoms with Crippen LogP contribution in [-0.4, -0.2) is 25.0 Å². The first-order chi connectivity index (χ1) is 12.0. The molecular formula is C20H24NO4-. The molecule has 1 amide bonds. The molecule has 1 aromatic carbocycles. The summed E-state index contributed by atoms with van der Waals surface area (Å²) in [5, 5.41) is 14.7. The number of rotatable bonds is 5. The van der Waals surface area contributed by atoms with Crippen molar-refractivity contribution in [1.82, 2.24) is 5.32 Å². The van der Waals surface area contributed by atoms with Crippen molar-refractivity contribution in [2.24, 2.45) is 23.2 Å². The number of methoxy groups -OCH3 is 1. The van der Waals surface area contributed by atoms with Crippen LogP contribution in [0.4, 0.5) is 0 Å². The van der Waals surface area contributed by atoms with Gasteiger partial charge in [0.15, 0.2) is 0 Å². The number of benzene rings is 1. The van der Waals surface area contributed by atoms with E-state index in [1.807, 2.05) is 0 Å². The van der Waals surface area contributed by atoms with E-state index >= 15 is 0 Å². The molecule has 4 saturated carbocycles. The normalized spacial score (nSPS) is 33.7. The van der Waals surface area contributed by atoms with Gasteiger partial charge in [-0.05, 0) is 86.0 Å². The number of ether oxygens (including phenoxy) is 1. The molecule has 0 spiro atoms. The van der Waals surface area contributed by atoms with Crippen molar-refractivity contribution < 1.29 is 19.4 Å². The first-order valence-electron chi connectivity index (χ1n) is 9.15. The fourth-order valence-electron chi connectivity index (χ4n) is 5.95. The van der Waals surface area contributed by atoms with Crippen molar-refractivity contribution >= 4 is 11.9 Å². The Labute approximate surface area is 147 Å². The fraction of sp³-hybridized carbons (Fsp3) is 0.600. The predicted octanol–water partition coefficient (Wildman–Crippen LogP) is 1.76. The molecule has 4 bridgehead atoms. The molecule has 0 aliphatic heterocycles. The Morgan fingerprint density at radius 1 is 1.08 bits per heavy atom. The Bertz CT molecular complexity index is 646. The van der Waals surface area contributed by atoms with Crippen LogP contribution in [0.15, 0.2) is 24.3 Å². The minimum absolute atomic E-state index is 0.324. The van der Waals surface area contributed by atoms with Gasteiger partial charge in [-0.2, -0.15) is 0 Å². The molecule has 5 nitrogen and oxygen atoms in total. The summed E-state index contributed by atoms with van der Waals surface area (Å²) in [6.45, 7) is 0. The summed E-state index contributed by atoms with van der Waals surface area (Å²) in [5.74, 6) is 1.01. The lowest BCUT2D eigenvalue weighted by atomic mass is 9.47. The minimum atomic E-state index is -1.15. The van der Waals surface area contributed by atoms with Gasteiger partial charge < -0.3 is 20.0 Å². The third kappa shape index (κ3) is 2.90. The Balaban J connectivity index is 1.55. The predicted molar refractivity (Wildman–Crippen MR) is 89.9 cm³/mol. The lowest BCUT2D eigenvalue weighted by Crippen LogP contribution is -2.62. The van der Waals surface area contributed by atoms with Gasteiger partial charge >= 0.3 is 0 Å². The second-order valence-electron chi connectivity index (χ2n) is 8.23. The average Bonchev–Trinajstić information content (AvgIpc) is 2.58. The van der Waals surface area contributed by atoms with Crippen LogP contribution in [0.3, 0.4) is 0 Å². The molecule has 0 heterocycles. The molecule has 0 unspecified atom stereocenters. The zero-order valence-corrected chi connectivity index (χ0v) is 14.5. The molecule has 0 radical (unpaired) electrons. The van der Waals surface area contributed by atoms with Crippen LogP contribution >= 0.6 is 0 Å². The van der Waals surface area contributed by atoms with Crippen LogP contribution in [0.2, 0.25) is 0 Å². The van der Waals surface area contributed by atoms with E-state index in [-0.39, 0.29) is 11.3 Å². The summed E-state index contributed by atoms with van der Waals surface area (Å²) < 4.78 is 5.10. The quantitative estimate of drug-likeness (QED) is 0.884. The fourth-order valence-corrected chi connectivity index (χ4v) is 5.95. The van der Waals surface area contributed by atoms with E-state index in [2.05, 4.69) is 5.32 Å². The van der Waals surface area contributed by atoms with E-state index in [0.29, 0.717) is 29.1 Å². The smallest absolute Gasteiger partial charge is 0.251 e. The van der Waals surface area contributed by atoms with Gasteiger partial charge in [-0.1, -0.05) is 0 Å². The summed E-state index contributed by atoms with van der Waals surface area (Å²) in [5.41, 5.74) is 0.118. The third-order valence-corrected chi connectivity index (χ3v) is 6.56. The SMILES string of the molecule is COc1ccc(C(=O)N[C@@H](C(=O)[O-])C23CC4CC(CC(C4)C2)C3)cc1. The van der Waals surface area contributed by atoms with E-state index in [0.717, 1.165) is 19.3 Å². The average molecular weight is 342 g/mol. The third-order valence-electron chi connectivity index (χ3n) is 6.56. The van der Waals surface area contributed by atoms with Gasteiger partial charge in [-0.3, -0.25) is 4.79 Å². The maximum Gasteiger partial charge on any atom is 0.251 e. The highest BCUT2D eigenvalue weighted by Crippen LogP contribution is 2.61. The molecule has 1 N–H and O–H groups in total. The molecule has 4 aliphatic carbocycles. The number of carboxylic acid groups (broad SMARTS) is 1. The van der Waals surface area contributed by atoms with Crippen LogP contribution < -0.4 is 15.2 Å². The number of nitrogens with one attached hydrogen (secondary N) is 1. The highest BCUT2D eigenvalue weighted by molar-refractivity contribution is 5.96. The lowest BCUT2D eigenvalue weighted by molar-refractivity contribution is -0.313. The van der Waals surface area contributed by atoms with Gasteiger partial charge in [0, 0.05) is 5.56 Å². The van der Waals surface area contributed by atoms with E-state index in [1.165, 1.54) is 19.3 Å². The Kier molecular flexibility index (Phi) is 3.97. The number of amides is 1. The van der Waals surface area contributed by atoms with E-state index in [1.54, 1.807) is 31.4 Å². The van der Waals surface area contributed by atoms with Gasteiger partial charge in [0.25, 0.3) is 5.91 Å². The van der Waals surface area contributed by atoms with Crippen molar-refractivity contribution in [2.75, 3.05) is 7.11 Å². The van der Waals surface area contributed by atoms with Gasteiger partial charge in [0.05, 0.1) is 19.1 Å². The number of hydrogen-bond donors (Lipinski definition) is 1. The summed E-state index contributed by atoms with van der Waals surface area (Å²) in [7, 11) is 1.56. The number of hydrogen-bond acceptors (Lipinski definition) is 4. The van der Waals surface area contributed by atoms with Gasteiger partial charge in [0.2, 0.25) is 0 Å². The number of carboxylic acids is 1. The van der Waals surface area contributed by atoms with Crippen molar-refractivity contribution in [3.05, 3.63) is 29.8 Å². The van der Waals surface area contributed by atoms with Crippen LogP contribution in [-0.2, 0) is 4.79 Å². The Hall–Kier alpha value is -2.04. The van der Waals surface area contributed by atoms with Crippen molar-refractivity contribution in [2.45, 2.75) is 44.6 Å². The number of carbonyl (C=O) groups is 2. The summed E-state index contributed by atoms with van der Waals surface area (Å²) in [4.78, 5) is 24.5. The largest absolute Gasteiger partial charge is 0.548 e. The summed E-state index contributed by atoms with van der Waals surface area (Å²) >= 11 is 0. The van der Waals surface area contributed by atoms with Gasteiger partial charge in [-0.25, -0.2) is 0 Å². The highest BCUT2D eigenvalue weighted by atomic mass is 16.5. The van der Waals surface area contributed by atoms with Crippen molar-refractivity contribution in [3.8, 4) is 5.75 Å². The molecule has 25 heavy (non-hydrogen) atoms. The summed E-state index contributed by atoms with van der Waals surface area (Å²) in [6.07, 6.45) is 6.39. The zero-order valence-electron chi connectivity index (χ0n) is 14.5. The molecule has 1 aromatic rings. The molecule has 134 valence electrons. The molecule has 1 atom stereocenters. The molecule has 0 aromatic heterocycles. The Morgan fingerprint density at radius 3 is 2.04 bits per heavy atom. The van der Waals surface area contributed by atoms with Crippen molar-refractivity contribution in [1.29, 1.82) is 0 Å². The minimum Gasteiger partial charge on any atom is -0.548 e. The van der Waals surface area contributed by atoms with E-state index in [4.69, 9.17) is 4.74 Å². The van der Waals surface area contributed by atoms with Crippen molar-refractivity contribution in [3.63, 3.8) is 0 Å². The van der Waals surface area contributed by atoms with E-state index in [9.17, 15) is 14.7 Å². The van der Waals surface area contributed by atoms with Gasteiger partial charge in [0.1, 0.15) is 5.75 Å². The molecule has 4 aliphatic rings. The molecule has 5 heteroatoms. The van der Waals surface area contributed by atoms with Gasteiger partial charge in [-0.15, -0.1) is 0 Å². The topological polar surface area (TPSA) is 78.5 Å². The number of carbonyl (C=O) groups excluding carboxylic acids is 2. The van der Waals surface area contributed by atoms with Crippen LogP contribution in [0.5, 0.6) is 5.75 Å². The maximum atomic E-state index is 12.6. The first-order valence-corrected chi connectivity index (χ1v) is 9.15. The maximum absolute atomic E-state index is 12.6. The van der Waals surface area contributed by atoms with Crippen LogP contribution in [0.25, 0.3) is 0 Å². The molecular weight excluding hydrogens is 318 g/mol. The van der Waals surface area contributed by atoms with E-state index < -0.39 is 12.0 Å². The second-order valence-corrected chi connectivity index (χ2v) is 8.23. The zero-order chi connectivity index (χ0) is 17.6. The molecule has 5 rings (SSSR count). The second kappa shape index (κ2) is 6.04. The molecule has 0 saturated heterocycles. The first kappa shape index (κ1) is 16.4. The summed E-state index contributed by atoms with van der Waals surface area (Å²) in [6, 6.07) is 5.80. The number of aliphatic carboxylic acids is 1. The standard InChI is InChI=1S/C20H25NO4/c1-25-16-4-2-15(3-5-16)18(22)21-17(19(23)24)20-9-12-6-13(10-20)8-14(7-12)11-20/h2-5,12-14,17H,6-11H2,1H3,(H,21,22)(H,23,24)/p-1/t12?,13?,14?,17-,20?/m0/s1.